The molecule has 3 aromatic rings. The van der Waals surface area contributed by atoms with Crippen molar-refractivity contribution in [3.63, 3.8) is 0 Å². The normalized spacial score (nSPS) is 15.2. The van der Waals surface area contributed by atoms with Gasteiger partial charge in [0, 0.05) is 18.9 Å². The second kappa shape index (κ2) is 16.2. The number of esters is 1. The molecule has 1 fully saturated rings. The summed E-state index contributed by atoms with van der Waals surface area (Å²) in [4.78, 5) is 57.8. The minimum Gasteiger partial charge on any atom is -0.458 e. The number of hydrogen-bond donors (Lipinski definition) is 2. The highest BCUT2D eigenvalue weighted by molar-refractivity contribution is 5.94. The van der Waals surface area contributed by atoms with E-state index in [9.17, 15) is 19.2 Å². The summed E-state index contributed by atoms with van der Waals surface area (Å²) in [5, 5.41) is 5.80. The van der Waals surface area contributed by atoms with Crippen LogP contribution in [0.2, 0.25) is 0 Å². The number of rotatable bonds is 12. The van der Waals surface area contributed by atoms with Crippen molar-refractivity contribution >= 4 is 23.9 Å². The number of ether oxygens (including phenoxy) is 2. The highest BCUT2D eigenvalue weighted by Gasteiger charge is 2.43. The Bertz CT molecular complexity index is 1560. The molecular weight excluding hydrogens is 618 g/mol. The standard InChI is InChI=1S/C40H51N3O6/c1-27-21-23-30(24-22-27)34(35(44)41-33(37(46)48-39(2,3)4)26-29-17-12-9-13-18-29)43(31-19-14-20-31)36(45)32(25-28-15-10-8-11-16-28)42-38(47)49-40(5,6)7/h8-13,15-18,21-24,31-34H,14,19-20,25-26H2,1-7H3,(H,41,44)(H,42,47). The van der Waals surface area contributed by atoms with Gasteiger partial charge in [0.1, 0.15) is 29.3 Å². The van der Waals surface area contributed by atoms with Crippen LogP contribution in [0.25, 0.3) is 0 Å². The first kappa shape index (κ1) is 37.2. The quantitative estimate of drug-likeness (QED) is 0.210. The van der Waals surface area contributed by atoms with Crippen LogP contribution in [0.4, 0.5) is 4.79 Å². The van der Waals surface area contributed by atoms with E-state index in [0.29, 0.717) is 18.4 Å². The molecule has 1 saturated carbocycles. The molecular formula is C40H51N3O6. The van der Waals surface area contributed by atoms with Crippen molar-refractivity contribution in [3.05, 3.63) is 107 Å². The summed E-state index contributed by atoms with van der Waals surface area (Å²) in [6.07, 6.45) is 1.97. The molecule has 0 aliphatic heterocycles. The van der Waals surface area contributed by atoms with Crippen LogP contribution in [0.1, 0.15) is 89.1 Å². The minimum absolute atomic E-state index is 0.193. The number of nitrogens with zero attached hydrogens (tertiary/aromatic N) is 1. The monoisotopic (exact) mass is 669 g/mol. The summed E-state index contributed by atoms with van der Waals surface area (Å²) in [6, 6.07) is 22.9. The van der Waals surface area contributed by atoms with E-state index in [4.69, 9.17) is 9.47 Å². The SMILES string of the molecule is Cc1ccc(C(C(=O)NC(Cc2ccccc2)C(=O)OC(C)(C)C)N(C(=O)C(Cc2ccccc2)NC(=O)OC(C)(C)C)C2CCC2)cc1. The van der Waals surface area contributed by atoms with Crippen molar-refractivity contribution in [2.24, 2.45) is 0 Å². The Balaban J connectivity index is 1.75. The lowest BCUT2D eigenvalue weighted by Crippen LogP contribution is -2.59. The molecule has 3 amide bonds. The summed E-state index contributed by atoms with van der Waals surface area (Å²) in [5.41, 5.74) is 1.73. The zero-order valence-corrected chi connectivity index (χ0v) is 29.8. The number of amides is 3. The first-order valence-corrected chi connectivity index (χ1v) is 17.1. The molecule has 4 rings (SSSR count). The van der Waals surface area contributed by atoms with E-state index in [2.05, 4.69) is 10.6 Å². The van der Waals surface area contributed by atoms with E-state index in [-0.39, 0.29) is 18.9 Å². The van der Waals surface area contributed by atoms with Crippen LogP contribution in [-0.4, -0.2) is 58.1 Å². The molecule has 9 nitrogen and oxygen atoms in total. The number of alkyl carbamates (subject to hydrolysis) is 1. The maximum Gasteiger partial charge on any atom is 0.408 e. The third kappa shape index (κ3) is 11.2. The fourth-order valence-electron chi connectivity index (χ4n) is 5.72. The summed E-state index contributed by atoms with van der Waals surface area (Å²) in [6.45, 7) is 12.6. The van der Waals surface area contributed by atoms with E-state index in [1.54, 1.807) is 46.4 Å². The Hall–Kier alpha value is -4.66. The van der Waals surface area contributed by atoms with Crippen molar-refractivity contribution in [2.45, 2.75) is 116 Å². The van der Waals surface area contributed by atoms with Crippen LogP contribution in [0.3, 0.4) is 0 Å². The minimum atomic E-state index is -1.09. The highest BCUT2D eigenvalue weighted by Crippen LogP contribution is 2.34. The zero-order chi connectivity index (χ0) is 35.8. The molecule has 3 atom stereocenters. The van der Waals surface area contributed by atoms with Crippen LogP contribution in [0.15, 0.2) is 84.9 Å². The van der Waals surface area contributed by atoms with Crippen LogP contribution in [-0.2, 0) is 36.7 Å². The number of carbonyl (C=O) groups excluding carboxylic acids is 4. The summed E-state index contributed by atoms with van der Waals surface area (Å²) < 4.78 is 11.3. The smallest absolute Gasteiger partial charge is 0.408 e. The molecule has 0 bridgehead atoms. The van der Waals surface area contributed by atoms with Gasteiger partial charge in [0.25, 0.3) is 0 Å². The van der Waals surface area contributed by atoms with E-state index in [1.807, 2.05) is 91.9 Å². The lowest BCUT2D eigenvalue weighted by atomic mass is 9.87. The Morgan fingerprint density at radius 3 is 1.69 bits per heavy atom. The van der Waals surface area contributed by atoms with Gasteiger partial charge in [-0.15, -0.1) is 0 Å². The van der Waals surface area contributed by atoms with Crippen LogP contribution in [0.5, 0.6) is 0 Å². The number of aryl methyl sites for hydroxylation is 1. The van der Waals surface area contributed by atoms with Gasteiger partial charge in [-0.25, -0.2) is 9.59 Å². The second-order valence-electron chi connectivity index (χ2n) is 14.8. The fourth-order valence-corrected chi connectivity index (χ4v) is 5.72. The van der Waals surface area contributed by atoms with Crippen molar-refractivity contribution < 1.29 is 28.7 Å². The molecule has 49 heavy (non-hydrogen) atoms. The predicted octanol–water partition coefficient (Wildman–Crippen LogP) is 6.62. The molecule has 0 heterocycles. The lowest BCUT2D eigenvalue weighted by molar-refractivity contribution is -0.159. The van der Waals surface area contributed by atoms with Gasteiger partial charge in [-0.05, 0) is 84.4 Å². The molecule has 2 N–H and O–H groups in total. The Labute approximate surface area is 290 Å². The van der Waals surface area contributed by atoms with E-state index < -0.39 is 53.2 Å². The third-order valence-electron chi connectivity index (χ3n) is 8.20. The van der Waals surface area contributed by atoms with Gasteiger partial charge in [-0.2, -0.15) is 0 Å². The number of nitrogens with one attached hydrogen (secondary N) is 2. The topological polar surface area (TPSA) is 114 Å². The van der Waals surface area contributed by atoms with Gasteiger partial charge in [0.2, 0.25) is 11.8 Å². The number of carbonyl (C=O) groups is 4. The van der Waals surface area contributed by atoms with E-state index in [0.717, 1.165) is 23.1 Å². The maximum atomic E-state index is 14.9. The molecule has 0 aromatic heterocycles. The average molecular weight is 670 g/mol. The average Bonchev–Trinajstić information content (AvgIpc) is 2.99. The van der Waals surface area contributed by atoms with Crippen molar-refractivity contribution in [2.75, 3.05) is 0 Å². The molecule has 9 heteroatoms. The molecule has 262 valence electrons. The van der Waals surface area contributed by atoms with Crippen LogP contribution >= 0.6 is 0 Å². The molecule has 0 spiro atoms. The van der Waals surface area contributed by atoms with Crippen molar-refractivity contribution in [3.8, 4) is 0 Å². The maximum absolute atomic E-state index is 14.9. The third-order valence-corrected chi connectivity index (χ3v) is 8.20. The zero-order valence-electron chi connectivity index (χ0n) is 29.8. The lowest BCUT2D eigenvalue weighted by Gasteiger charge is -2.44. The molecule has 3 unspecified atom stereocenters. The first-order valence-electron chi connectivity index (χ1n) is 17.1. The van der Waals surface area contributed by atoms with Gasteiger partial charge in [-0.1, -0.05) is 90.5 Å². The summed E-state index contributed by atoms with van der Waals surface area (Å²) in [7, 11) is 0. The first-order chi connectivity index (χ1) is 23.1. The molecule has 0 radical (unpaired) electrons. The predicted molar refractivity (Wildman–Crippen MR) is 190 cm³/mol. The fraction of sp³-hybridized carbons (Fsp3) is 0.450. The van der Waals surface area contributed by atoms with Crippen LogP contribution < -0.4 is 10.6 Å². The van der Waals surface area contributed by atoms with Crippen molar-refractivity contribution in [1.82, 2.24) is 15.5 Å². The number of benzene rings is 3. The Morgan fingerprint density at radius 1 is 0.714 bits per heavy atom. The van der Waals surface area contributed by atoms with Crippen molar-refractivity contribution in [1.29, 1.82) is 0 Å². The largest absolute Gasteiger partial charge is 0.458 e. The second-order valence-corrected chi connectivity index (χ2v) is 14.8. The Kier molecular flexibility index (Phi) is 12.3. The van der Waals surface area contributed by atoms with E-state index in [1.165, 1.54) is 0 Å². The van der Waals surface area contributed by atoms with Gasteiger partial charge in [0.05, 0.1) is 0 Å². The van der Waals surface area contributed by atoms with Gasteiger partial charge in [-0.3, -0.25) is 9.59 Å². The highest BCUT2D eigenvalue weighted by atomic mass is 16.6. The van der Waals surface area contributed by atoms with Gasteiger partial charge < -0.3 is 25.0 Å². The van der Waals surface area contributed by atoms with Gasteiger partial charge >= 0.3 is 12.1 Å². The molecule has 3 aromatic carbocycles. The molecule has 1 aliphatic rings. The van der Waals surface area contributed by atoms with Gasteiger partial charge in [0.15, 0.2) is 0 Å². The summed E-state index contributed by atoms with van der Waals surface area (Å²) in [5.74, 6) is -1.48. The van der Waals surface area contributed by atoms with Crippen LogP contribution in [0, 0.1) is 6.92 Å². The number of hydrogen-bond acceptors (Lipinski definition) is 6. The molecule has 0 saturated heterocycles. The van der Waals surface area contributed by atoms with E-state index >= 15 is 0 Å². The Morgan fingerprint density at radius 2 is 1.22 bits per heavy atom. The molecule has 1 aliphatic carbocycles. The summed E-state index contributed by atoms with van der Waals surface area (Å²) >= 11 is 0.